The third kappa shape index (κ3) is 2.35. The zero-order valence-corrected chi connectivity index (χ0v) is 9.80. The monoisotopic (exact) mass is 255 g/mol. The van der Waals surface area contributed by atoms with Crippen LogP contribution in [-0.2, 0) is 11.3 Å². The van der Waals surface area contributed by atoms with E-state index >= 15 is 0 Å². The largest absolute Gasteiger partial charge is 0.371 e. The Bertz CT molecular complexity index is 323. The number of nitrogens with one attached hydrogen (secondary N) is 1. The average molecular weight is 256 g/mol. The topological polar surface area (TPSA) is 21.3 Å². The molecule has 0 aromatic heterocycles. The summed E-state index contributed by atoms with van der Waals surface area (Å²) in [4.78, 5) is 0. The van der Waals surface area contributed by atoms with Gasteiger partial charge in [-0.15, -0.1) is 0 Å². The van der Waals surface area contributed by atoms with Gasteiger partial charge in [-0.3, -0.25) is 0 Å². The van der Waals surface area contributed by atoms with Crippen molar-refractivity contribution in [3.8, 4) is 0 Å². The standard InChI is InChI=1S/C11H14BrNO/c1-8-2-3-10(12)4-9(8)7-14-11-5-13-6-11/h2-4,11,13H,5-7H2,1H3. The van der Waals surface area contributed by atoms with Crippen LogP contribution in [0.15, 0.2) is 22.7 Å². The minimum absolute atomic E-state index is 0.411. The fourth-order valence-corrected chi connectivity index (χ4v) is 1.79. The first-order chi connectivity index (χ1) is 6.75. The average Bonchev–Trinajstić information content (AvgIpc) is 2.08. The summed E-state index contributed by atoms with van der Waals surface area (Å²) in [5.74, 6) is 0. The van der Waals surface area contributed by atoms with Gasteiger partial charge in [-0.25, -0.2) is 0 Å². The molecule has 0 spiro atoms. The van der Waals surface area contributed by atoms with Gasteiger partial charge in [0.1, 0.15) is 0 Å². The summed E-state index contributed by atoms with van der Waals surface area (Å²) in [6, 6.07) is 6.30. The van der Waals surface area contributed by atoms with E-state index in [2.05, 4.69) is 46.4 Å². The number of aryl methyl sites for hydroxylation is 1. The molecule has 14 heavy (non-hydrogen) atoms. The maximum atomic E-state index is 5.72. The molecule has 76 valence electrons. The van der Waals surface area contributed by atoms with Crippen molar-refractivity contribution in [3.63, 3.8) is 0 Å². The van der Waals surface area contributed by atoms with Crippen molar-refractivity contribution in [1.82, 2.24) is 5.32 Å². The van der Waals surface area contributed by atoms with Gasteiger partial charge in [-0.05, 0) is 30.2 Å². The molecule has 2 nitrogen and oxygen atoms in total. The highest BCUT2D eigenvalue weighted by molar-refractivity contribution is 9.10. The van der Waals surface area contributed by atoms with Gasteiger partial charge in [0.05, 0.1) is 12.7 Å². The van der Waals surface area contributed by atoms with E-state index in [0.29, 0.717) is 6.10 Å². The van der Waals surface area contributed by atoms with Gasteiger partial charge in [-0.1, -0.05) is 22.0 Å². The summed E-state index contributed by atoms with van der Waals surface area (Å²) in [5.41, 5.74) is 2.56. The SMILES string of the molecule is Cc1ccc(Br)cc1COC1CNC1. The maximum absolute atomic E-state index is 5.72. The van der Waals surface area contributed by atoms with E-state index in [4.69, 9.17) is 4.74 Å². The summed E-state index contributed by atoms with van der Waals surface area (Å²) in [6.07, 6.45) is 0.411. The number of halogens is 1. The van der Waals surface area contributed by atoms with Gasteiger partial charge in [-0.2, -0.15) is 0 Å². The number of rotatable bonds is 3. The van der Waals surface area contributed by atoms with Crippen LogP contribution < -0.4 is 5.32 Å². The molecule has 1 aliphatic heterocycles. The third-order valence-corrected chi connectivity index (χ3v) is 3.02. The Labute approximate surface area is 92.8 Å². The van der Waals surface area contributed by atoms with Crippen LogP contribution in [0, 0.1) is 6.92 Å². The fourth-order valence-electron chi connectivity index (χ4n) is 1.38. The highest BCUT2D eigenvalue weighted by Crippen LogP contribution is 2.17. The summed E-state index contributed by atoms with van der Waals surface area (Å²) >= 11 is 3.47. The van der Waals surface area contributed by atoms with Crippen molar-refractivity contribution in [3.05, 3.63) is 33.8 Å². The van der Waals surface area contributed by atoms with E-state index in [1.54, 1.807) is 0 Å². The molecule has 3 heteroatoms. The molecule has 1 saturated heterocycles. The highest BCUT2D eigenvalue weighted by atomic mass is 79.9. The quantitative estimate of drug-likeness (QED) is 0.895. The Hall–Kier alpha value is -0.380. The van der Waals surface area contributed by atoms with E-state index in [1.165, 1.54) is 11.1 Å². The van der Waals surface area contributed by atoms with Crippen LogP contribution in [0.25, 0.3) is 0 Å². The second kappa shape index (κ2) is 4.43. The Kier molecular flexibility index (Phi) is 3.21. The second-order valence-corrected chi connectivity index (χ2v) is 4.58. The van der Waals surface area contributed by atoms with Gasteiger partial charge in [0.2, 0.25) is 0 Å². The molecule has 1 aromatic carbocycles. The first kappa shape index (κ1) is 10.1. The van der Waals surface area contributed by atoms with Gasteiger partial charge in [0.25, 0.3) is 0 Å². The van der Waals surface area contributed by atoms with Crippen LogP contribution in [0.1, 0.15) is 11.1 Å². The summed E-state index contributed by atoms with van der Waals surface area (Å²) in [6.45, 7) is 4.82. The van der Waals surface area contributed by atoms with Crippen molar-refractivity contribution in [2.24, 2.45) is 0 Å². The Morgan fingerprint density at radius 3 is 2.93 bits per heavy atom. The van der Waals surface area contributed by atoms with Crippen molar-refractivity contribution in [2.75, 3.05) is 13.1 Å². The van der Waals surface area contributed by atoms with Crippen LogP contribution in [0.3, 0.4) is 0 Å². The number of hydrogen-bond acceptors (Lipinski definition) is 2. The van der Waals surface area contributed by atoms with Crippen LogP contribution in [0.4, 0.5) is 0 Å². The number of benzene rings is 1. The molecular formula is C11H14BrNO. The lowest BCUT2D eigenvalue weighted by molar-refractivity contribution is 0.00735. The molecule has 1 aromatic rings. The molecular weight excluding hydrogens is 242 g/mol. The van der Waals surface area contributed by atoms with Crippen molar-refractivity contribution in [1.29, 1.82) is 0 Å². The molecule has 0 aliphatic carbocycles. The first-order valence-corrected chi connectivity index (χ1v) is 5.62. The number of hydrogen-bond donors (Lipinski definition) is 1. The van der Waals surface area contributed by atoms with Crippen LogP contribution in [0.5, 0.6) is 0 Å². The van der Waals surface area contributed by atoms with Crippen LogP contribution in [-0.4, -0.2) is 19.2 Å². The molecule has 0 saturated carbocycles. The Morgan fingerprint density at radius 1 is 1.50 bits per heavy atom. The summed E-state index contributed by atoms with van der Waals surface area (Å²) in [5, 5.41) is 3.19. The molecule has 1 fully saturated rings. The van der Waals surface area contributed by atoms with Crippen molar-refractivity contribution < 1.29 is 4.74 Å². The third-order valence-electron chi connectivity index (χ3n) is 2.53. The fraction of sp³-hybridized carbons (Fsp3) is 0.455. The molecule has 0 unspecified atom stereocenters. The minimum atomic E-state index is 0.411. The molecule has 0 radical (unpaired) electrons. The van der Waals surface area contributed by atoms with E-state index in [0.717, 1.165) is 24.2 Å². The van der Waals surface area contributed by atoms with Gasteiger partial charge in [0, 0.05) is 17.6 Å². The Balaban J connectivity index is 1.96. The molecule has 1 aliphatic rings. The first-order valence-electron chi connectivity index (χ1n) is 4.83. The predicted molar refractivity (Wildman–Crippen MR) is 60.3 cm³/mol. The van der Waals surface area contributed by atoms with Crippen LogP contribution in [0.2, 0.25) is 0 Å². The van der Waals surface area contributed by atoms with Crippen LogP contribution >= 0.6 is 15.9 Å². The zero-order chi connectivity index (χ0) is 9.97. The van der Waals surface area contributed by atoms with E-state index in [9.17, 15) is 0 Å². The Morgan fingerprint density at radius 2 is 2.29 bits per heavy atom. The molecule has 0 bridgehead atoms. The lowest BCUT2D eigenvalue weighted by Gasteiger charge is -2.27. The van der Waals surface area contributed by atoms with Crippen molar-refractivity contribution >= 4 is 15.9 Å². The van der Waals surface area contributed by atoms with Gasteiger partial charge in [0.15, 0.2) is 0 Å². The van der Waals surface area contributed by atoms with Crippen molar-refractivity contribution in [2.45, 2.75) is 19.6 Å². The summed E-state index contributed by atoms with van der Waals surface area (Å²) < 4.78 is 6.84. The highest BCUT2D eigenvalue weighted by Gasteiger charge is 2.16. The lowest BCUT2D eigenvalue weighted by atomic mass is 10.1. The molecule has 0 amide bonds. The molecule has 1 N–H and O–H groups in total. The predicted octanol–water partition coefficient (Wildman–Crippen LogP) is 2.25. The maximum Gasteiger partial charge on any atom is 0.0828 e. The van der Waals surface area contributed by atoms with E-state index in [1.807, 2.05) is 0 Å². The van der Waals surface area contributed by atoms with E-state index < -0.39 is 0 Å². The normalized spacial score (nSPS) is 16.7. The van der Waals surface area contributed by atoms with Gasteiger partial charge >= 0.3 is 0 Å². The minimum Gasteiger partial charge on any atom is -0.371 e. The molecule has 1 heterocycles. The smallest absolute Gasteiger partial charge is 0.0828 e. The molecule has 2 rings (SSSR count). The molecule has 0 atom stereocenters. The van der Waals surface area contributed by atoms with Gasteiger partial charge < -0.3 is 10.1 Å². The zero-order valence-electron chi connectivity index (χ0n) is 8.22. The second-order valence-electron chi connectivity index (χ2n) is 3.66. The van der Waals surface area contributed by atoms with E-state index in [-0.39, 0.29) is 0 Å². The number of ether oxygens (including phenoxy) is 1. The summed E-state index contributed by atoms with van der Waals surface area (Å²) in [7, 11) is 0. The lowest BCUT2D eigenvalue weighted by Crippen LogP contribution is -2.48.